The van der Waals surface area contributed by atoms with E-state index in [-0.39, 0.29) is 29.8 Å². The average Bonchev–Trinajstić information content (AvgIpc) is 3.51. The number of benzene rings is 5. The van der Waals surface area contributed by atoms with Crippen molar-refractivity contribution in [3.05, 3.63) is 167 Å². The van der Waals surface area contributed by atoms with E-state index >= 15 is 0 Å². The molecule has 0 spiro atoms. The number of anilines is 2. The first-order chi connectivity index (χ1) is 24.3. The number of rotatable bonds is 10. The van der Waals surface area contributed by atoms with Crippen LogP contribution in [0.15, 0.2) is 155 Å². The minimum atomic E-state index is -0.666. The standard InChI is InChI=1S/C39H30ClN5O4S/c40-29-16-10-11-26(23-29)24-33(42-37(47)28-14-6-2-7-15-28)38(48)41-30-19-21-32(22-20-30)50-36(27-12-4-1-5-13-27)39(49)43-34-25-35(46)45(44-34)31-17-8-3-9-18-31/h1-24,36H,25H2,(H,41,48)(H,42,47)(H,43,44,49)/b33-24-. The molecule has 6 rings (SSSR count). The van der Waals surface area contributed by atoms with E-state index in [0.29, 0.717) is 27.5 Å². The lowest BCUT2D eigenvalue weighted by molar-refractivity contribution is -0.119. The number of halogens is 1. The van der Waals surface area contributed by atoms with Gasteiger partial charge in [0.25, 0.3) is 17.7 Å². The molecule has 50 heavy (non-hydrogen) atoms. The molecule has 4 amide bonds. The van der Waals surface area contributed by atoms with Gasteiger partial charge in [-0.1, -0.05) is 90.5 Å². The highest BCUT2D eigenvalue weighted by atomic mass is 35.5. The molecule has 1 aliphatic rings. The topological polar surface area (TPSA) is 120 Å². The highest BCUT2D eigenvalue weighted by Crippen LogP contribution is 2.36. The molecule has 0 aromatic heterocycles. The molecule has 1 aliphatic heterocycles. The summed E-state index contributed by atoms with van der Waals surface area (Å²) in [7, 11) is 0. The number of carbonyl (C=O) groups is 4. The Balaban J connectivity index is 1.17. The Labute approximate surface area is 298 Å². The second-order valence-corrected chi connectivity index (χ2v) is 12.7. The molecule has 5 aromatic carbocycles. The van der Waals surface area contributed by atoms with E-state index in [0.717, 1.165) is 10.5 Å². The van der Waals surface area contributed by atoms with Gasteiger partial charge in [0.1, 0.15) is 16.8 Å². The molecule has 0 aliphatic carbocycles. The van der Waals surface area contributed by atoms with Crippen LogP contribution in [0.4, 0.5) is 11.4 Å². The highest BCUT2D eigenvalue weighted by Gasteiger charge is 2.29. The van der Waals surface area contributed by atoms with Gasteiger partial charge in [0.05, 0.1) is 12.1 Å². The number of hydrazone groups is 1. The number of hydrogen-bond acceptors (Lipinski definition) is 6. The van der Waals surface area contributed by atoms with Crippen LogP contribution in [0.25, 0.3) is 6.08 Å². The lowest BCUT2D eigenvalue weighted by Crippen LogP contribution is -2.33. The van der Waals surface area contributed by atoms with Gasteiger partial charge in [0.15, 0.2) is 0 Å². The van der Waals surface area contributed by atoms with Gasteiger partial charge in [0, 0.05) is 21.2 Å². The third-order valence-corrected chi connectivity index (χ3v) is 8.94. The molecule has 1 atom stereocenters. The molecule has 5 aromatic rings. The molecule has 11 heteroatoms. The van der Waals surface area contributed by atoms with Gasteiger partial charge >= 0.3 is 0 Å². The summed E-state index contributed by atoms with van der Waals surface area (Å²) in [5.41, 5.74) is 2.92. The van der Waals surface area contributed by atoms with Crippen LogP contribution in [0.3, 0.4) is 0 Å². The maximum atomic E-state index is 13.7. The van der Waals surface area contributed by atoms with E-state index in [1.165, 1.54) is 16.8 Å². The normalized spacial score (nSPS) is 13.3. The number of amidine groups is 1. The molecule has 248 valence electrons. The summed E-state index contributed by atoms with van der Waals surface area (Å²) in [4.78, 5) is 53.5. The van der Waals surface area contributed by atoms with Crippen LogP contribution >= 0.6 is 23.4 Å². The van der Waals surface area contributed by atoms with Crippen LogP contribution in [-0.4, -0.2) is 29.5 Å². The monoisotopic (exact) mass is 699 g/mol. The first-order valence-electron chi connectivity index (χ1n) is 15.6. The zero-order valence-corrected chi connectivity index (χ0v) is 28.0. The quantitative estimate of drug-likeness (QED) is 0.103. The van der Waals surface area contributed by atoms with Crippen molar-refractivity contribution in [3.8, 4) is 0 Å². The van der Waals surface area contributed by atoms with Gasteiger partial charge < -0.3 is 16.0 Å². The van der Waals surface area contributed by atoms with Crippen molar-refractivity contribution in [1.29, 1.82) is 0 Å². The Bertz CT molecular complexity index is 2070. The Morgan fingerprint density at radius 1 is 0.780 bits per heavy atom. The summed E-state index contributed by atoms with van der Waals surface area (Å²) < 4.78 is 0. The predicted octanol–water partition coefficient (Wildman–Crippen LogP) is 7.45. The number of para-hydroxylation sites is 1. The fourth-order valence-electron chi connectivity index (χ4n) is 5.04. The minimum Gasteiger partial charge on any atom is -0.321 e. The lowest BCUT2D eigenvalue weighted by Gasteiger charge is -2.17. The predicted molar refractivity (Wildman–Crippen MR) is 198 cm³/mol. The Morgan fingerprint density at radius 2 is 1.44 bits per heavy atom. The van der Waals surface area contributed by atoms with Crippen LogP contribution in [-0.2, 0) is 14.4 Å². The summed E-state index contributed by atoms with van der Waals surface area (Å²) in [6, 6.07) is 40.9. The van der Waals surface area contributed by atoms with Gasteiger partial charge in [-0.3, -0.25) is 19.2 Å². The Kier molecular flexibility index (Phi) is 10.8. The molecule has 1 heterocycles. The average molecular weight is 700 g/mol. The Hall–Kier alpha value is -5.97. The molecule has 0 fully saturated rings. The first kappa shape index (κ1) is 33.9. The minimum absolute atomic E-state index is 0.0270. The third kappa shape index (κ3) is 8.73. The Morgan fingerprint density at radius 3 is 2.12 bits per heavy atom. The van der Waals surface area contributed by atoms with E-state index < -0.39 is 17.1 Å². The summed E-state index contributed by atoms with van der Waals surface area (Å²) >= 11 is 7.48. The van der Waals surface area contributed by atoms with Crippen molar-refractivity contribution in [2.75, 3.05) is 10.3 Å². The summed E-state index contributed by atoms with van der Waals surface area (Å²) in [5.74, 6) is -1.27. The van der Waals surface area contributed by atoms with Gasteiger partial charge in [-0.05, 0) is 77.9 Å². The fourth-order valence-corrected chi connectivity index (χ4v) is 6.26. The van der Waals surface area contributed by atoms with Crippen molar-refractivity contribution in [3.63, 3.8) is 0 Å². The van der Waals surface area contributed by atoms with Crippen LogP contribution in [0.2, 0.25) is 5.02 Å². The molecule has 9 nitrogen and oxygen atoms in total. The van der Waals surface area contributed by atoms with E-state index in [1.54, 1.807) is 97.1 Å². The second-order valence-electron chi connectivity index (χ2n) is 11.1. The maximum Gasteiger partial charge on any atom is 0.272 e. The van der Waals surface area contributed by atoms with Crippen LogP contribution in [0.5, 0.6) is 0 Å². The van der Waals surface area contributed by atoms with Crippen molar-refractivity contribution in [1.82, 2.24) is 10.6 Å². The third-order valence-electron chi connectivity index (χ3n) is 7.44. The fraction of sp³-hybridized carbons (Fsp3) is 0.0513. The zero-order valence-electron chi connectivity index (χ0n) is 26.5. The van der Waals surface area contributed by atoms with E-state index in [9.17, 15) is 19.2 Å². The van der Waals surface area contributed by atoms with E-state index in [4.69, 9.17) is 11.6 Å². The van der Waals surface area contributed by atoms with Crippen molar-refractivity contribution in [2.45, 2.75) is 16.6 Å². The smallest absolute Gasteiger partial charge is 0.272 e. The lowest BCUT2D eigenvalue weighted by atomic mass is 10.1. The summed E-state index contributed by atoms with van der Waals surface area (Å²) in [5, 5.41) is 13.9. The number of hydrogen-bond donors (Lipinski definition) is 3. The summed E-state index contributed by atoms with van der Waals surface area (Å²) in [6.45, 7) is 0. The van der Waals surface area contributed by atoms with Crippen molar-refractivity contribution >= 4 is 70.3 Å². The molecule has 0 saturated heterocycles. The van der Waals surface area contributed by atoms with Gasteiger partial charge in [-0.2, -0.15) is 10.1 Å². The van der Waals surface area contributed by atoms with Crippen LogP contribution in [0.1, 0.15) is 33.2 Å². The molecule has 1 unspecified atom stereocenters. The SMILES string of the molecule is O=C(Nc1ccc(SC(C(=O)NC2=NN(c3ccccc3)C(=O)C2)c2ccccc2)cc1)/C(=C/c1cccc(Cl)c1)NC(=O)c1ccccc1. The largest absolute Gasteiger partial charge is 0.321 e. The van der Waals surface area contributed by atoms with E-state index in [1.807, 2.05) is 48.5 Å². The van der Waals surface area contributed by atoms with E-state index in [2.05, 4.69) is 21.1 Å². The summed E-state index contributed by atoms with van der Waals surface area (Å²) in [6.07, 6.45) is 1.53. The van der Waals surface area contributed by atoms with Crippen molar-refractivity contribution < 1.29 is 19.2 Å². The maximum absolute atomic E-state index is 13.7. The number of nitrogens with zero attached hydrogens (tertiary/aromatic N) is 2. The van der Waals surface area contributed by atoms with Gasteiger partial charge in [0.2, 0.25) is 5.91 Å². The number of carbonyl (C=O) groups excluding carboxylic acids is 4. The second kappa shape index (κ2) is 16.0. The number of amides is 4. The molecular formula is C39H30ClN5O4S. The van der Waals surface area contributed by atoms with Crippen LogP contribution in [0, 0.1) is 0 Å². The first-order valence-corrected chi connectivity index (χ1v) is 16.8. The zero-order chi connectivity index (χ0) is 34.9. The molecule has 0 radical (unpaired) electrons. The van der Waals surface area contributed by atoms with Gasteiger partial charge in [-0.25, -0.2) is 0 Å². The number of nitrogens with one attached hydrogen (secondary N) is 3. The highest BCUT2D eigenvalue weighted by molar-refractivity contribution is 8.00. The van der Waals surface area contributed by atoms with Gasteiger partial charge in [-0.15, -0.1) is 11.8 Å². The molecule has 0 saturated carbocycles. The molecule has 0 bridgehead atoms. The van der Waals surface area contributed by atoms with Crippen LogP contribution < -0.4 is 21.0 Å². The van der Waals surface area contributed by atoms with Crippen molar-refractivity contribution in [2.24, 2.45) is 5.10 Å². The molecular weight excluding hydrogens is 670 g/mol. The molecule has 3 N–H and O–H groups in total. The number of thioether (sulfide) groups is 1.